The average Bonchev–Trinajstić information content (AvgIpc) is 2.96. The highest BCUT2D eigenvalue weighted by Crippen LogP contribution is 2.43. The van der Waals surface area contributed by atoms with E-state index in [0.717, 1.165) is 15.5 Å². The van der Waals surface area contributed by atoms with Gasteiger partial charge in [-0.15, -0.1) is 23.5 Å². The van der Waals surface area contributed by atoms with Crippen LogP contribution in [-0.4, -0.2) is 41.7 Å². The van der Waals surface area contributed by atoms with Crippen molar-refractivity contribution in [1.29, 1.82) is 0 Å². The molecule has 0 bridgehead atoms. The standard InChI is InChI=1S/C30H27N3O4S2/c1-19(29(34)31-21-13-14-25-26(18-21)37-16-15-36-25)38-22-8-6-7-20(17-22)32-30(35)33-23-9-2-4-11-27(23)39-28-12-5-3-10-24(28)33/h2-14,17-19,23,27H,15-16H2,1H3,(H,31,34)(H,32,35). The summed E-state index contributed by atoms with van der Waals surface area (Å²) in [5, 5.41) is 5.82. The van der Waals surface area contributed by atoms with Crippen molar-refractivity contribution in [2.45, 2.75) is 33.3 Å². The molecule has 0 saturated heterocycles. The number of amides is 3. The number of hydrogen-bond donors (Lipinski definition) is 2. The van der Waals surface area contributed by atoms with E-state index in [1.807, 2.05) is 66.4 Å². The zero-order valence-electron chi connectivity index (χ0n) is 21.2. The Hall–Kier alpha value is -3.82. The first-order valence-electron chi connectivity index (χ1n) is 12.7. The van der Waals surface area contributed by atoms with Crippen molar-refractivity contribution < 1.29 is 19.1 Å². The number of nitrogens with zero attached hydrogens (tertiary/aromatic N) is 1. The number of hydrogen-bond acceptors (Lipinski definition) is 6. The fraction of sp³-hybridized carbons (Fsp3) is 0.200. The van der Waals surface area contributed by atoms with Gasteiger partial charge in [-0.25, -0.2) is 4.79 Å². The lowest BCUT2D eigenvalue weighted by atomic mass is 10.1. The molecule has 3 atom stereocenters. The van der Waals surface area contributed by atoms with E-state index in [-0.39, 0.29) is 28.5 Å². The molecule has 0 radical (unpaired) electrons. The van der Waals surface area contributed by atoms with Crippen molar-refractivity contribution in [3.63, 3.8) is 0 Å². The van der Waals surface area contributed by atoms with Gasteiger partial charge in [0.05, 0.1) is 22.2 Å². The fourth-order valence-electron chi connectivity index (χ4n) is 4.68. The summed E-state index contributed by atoms with van der Waals surface area (Å²) in [4.78, 5) is 30.3. The zero-order chi connectivity index (χ0) is 26.8. The van der Waals surface area contributed by atoms with Crippen LogP contribution in [0.1, 0.15) is 6.92 Å². The summed E-state index contributed by atoms with van der Waals surface area (Å²) >= 11 is 3.20. The summed E-state index contributed by atoms with van der Waals surface area (Å²) in [6.07, 6.45) is 8.23. The molecule has 3 aliphatic rings. The molecule has 3 amide bonds. The summed E-state index contributed by atoms with van der Waals surface area (Å²) in [7, 11) is 0. The first-order chi connectivity index (χ1) is 19.0. The molecule has 2 heterocycles. The predicted molar refractivity (Wildman–Crippen MR) is 157 cm³/mol. The van der Waals surface area contributed by atoms with Crippen LogP contribution in [0.4, 0.5) is 21.9 Å². The second-order valence-corrected chi connectivity index (χ2v) is 11.9. The van der Waals surface area contributed by atoms with E-state index in [4.69, 9.17) is 9.47 Å². The second-order valence-electron chi connectivity index (χ2n) is 9.25. The lowest BCUT2D eigenvalue weighted by Crippen LogP contribution is -2.49. The molecule has 39 heavy (non-hydrogen) atoms. The molecular weight excluding hydrogens is 530 g/mol. The number of carbonyl (C=O) groups is 2. The summed E-state index contributed by atoms with van der Waals surface area (Å²) in [6.45, 7) is 2.86. The molecule has 3 aromatic carbocycles. The van der Waals surface area contributed by atoms with Crippen LogP contribution in [0.3, 0.4) is 0 Å². The van der Waals surface area contributed by atoms with Crippen LogP contribution >= 0.6 is 23.5 Å². The van der Waals surface area contributed by atoms with E-state index in [9.17, 15) is 9.59 Å². The van der Waals surface area contributed by atoms with Crippen LogP contribution in [0.5, 0.6) is 11.5 Å². The maximum Gasteiger partial charge on any atom is 0.326 e. The van der Waals surface area contributed by atoms with Gasteiger partial charge in [-0.3, -0.25) is 9.69 Å². The molecule has 2 aliphatic heterocycles. The number of thioether (sulfide) groups is 2. The van der Waals surface area contributed by atoms with Crippen LogP contribution in [-0.2, 0) is 4.79 Å². The van der Waals surface area contributed by atoms with E-state index in [1.165, 1.54) is 11.8 Å². The third-order valence-electron chi connectivity index (χ3n) is 6.54. The Morgan fingerprint density at radius 3 is 2.62 bits per heavy atom. The third-order valence-corrected chi connectivity index (χ3v) is 8.94. The van der Waals surface area contributed by atoms with Gasteiger partial charge in [0.15, 0.2) is 11.5 Å². The Morgan fingerprint density at radius 1 is 0.923 bits per heavy atom. The van der Waals surface area contributed by atoms with E-state index < -0.39 is 0 Å². The predicted octanol–water partition coefficient (Wildman–Crippen LogP) is 6.58. The van der Waals surface area contributed by atoms with Crippen LogP contribution < -0.4 is 25.0 Å². The van der Waals surface area contributed by atoms with Gasteiger partial charge in [0, 0.05) is 27.2 Å². The molecule has 3 aromatic rings. The van der Waals surface area contributed by atoms with Crippen molar-refractivity contribution in [2.75, 3.05) is 28.7 Å². The van der Waals surface area contributed by atoms with E-state index in [2.05, 4.69) is 28.9 Å². The quantitative estimate of drug-likeness (QED) is 0.345. The van der Waals surface area contributed by atoms with Crippen molar-refractivity contribution in [1.82, 2.24) is 0 Å². The van der Waals surface area contributed by atoms with Gasteiger partial charge < -0.3 is 20.1 Å². The highest BCUT2D eigenvalue weighted by atomic mass is 32.2. The van der Waals surface area contributed by atoms with Gasteiger partial charge in [-0.2, -0.15) is 0 Å². The van der Waals surface area contributed by atoms with Crippen LogP contribution in [0, 0.1) is 0 Å². The van der Waals surface area contributed by atoms with Crippen LogP contribution in [0.15, 0.2) is 101 Å². The topological polar surface area (TPSA) is 79.9 Å². The molecule has 1 aliphatic carbocycles. The van der Waals surface area contributed by atoms with E-state index >= 15 is 0 Å². The molecule has 198 valence electrons. The zero-order valence-corrected chi connectivity index (χ0v) is 22.8. The lowest BCUT2D eigenvalue weighted by molar-refractivity contribution is -0.115. The maximum absolute atomic E-state index is 13.6. The summed E-state index contributed by atoms with van der Waals surface area (Å²) in [5.74, 6) is 1.18. The minimum Gasteiger partial charge on any atom is -0.486 e. The van der Waals surface area contributed by atoms with Crippen molar-refractivity contribution >= 4 is 52.5 Å². The Kier molecular flexibility index (Phi) is 7.26. The molecule has 2 N–H and O–H groups in total. The molecule has 6 rings (SSSR count). The number of benzene rings is 3. The summed E-state index contributed by atoms with van der Waals surface area (Å²) < 4.78 is 11.2. The van der Waals surface area contributed by atoms with Gasteiger partial charge in [0.1, 0.15) is 13.2 Å². The maximum atomic E-state index is 13.6. The molecular formula is C30H27N3O4S2. The highest BCUT2D eigenvalue weighted by Gasteiger charge is 2.36. The van der Waals surface area contributed by atoms with Gasteiger partial charge >= 0.3 is 6.03 Å². The van der Waals surface area contributed by atoms with Crippen molar-refractivity contribution in [3.05, 3.63) is 91.0 Å². The Labute approximate surface area is 235 Å². The number of para-hydroxylation sites is 1. The monoisotopic (exact) mass is 557 g/mol. The number of anilines is 3. The van der Waals surface area contributed by atoms with E-state index in [0.29, 0.717) is 36.1 Å². The molecule has 0 aromatic heterocycles. The van der Waals surface area contributed by atoms with Gasteiger partial charge in [0.25, 0.3) is 0 Å². The second kappa shape index (κ2) is 11.1. The van der Waals surface area contributed by atoms with Crippen LogP contribution in [0.25, 0.3) is 0 Å². The normalized spacial score (nSPS) is 19.5. The molecule has 0 spiro atoms. The SMILES string of the molecule is CC(Sc1cccc(NC(=O)N2c3ccccc3SC3C=CC=CC32)c1)C(=O)Nc1ccc2c(c1)OCCO2. The molecule has 0 fully saturated rings. The number of allylic oxidation sites excluding steroid dienone is 2. The summed E-state index contributed by atoms with van der Waals surface area (Å²) in [5.41, 5.74) is 2.23. The molecule has 7 nitrogen and oxygen atoms in total. The first kappa shape index (κ1) is 25.5. The Morgan fingerprint density at radius 2 is 1.72 bits per heavy atom. The Bertz CT molecular complexity index is 1470. The fourth-order valence-corrected chi connectivity index (χ4v) is 6.86. The largest absolute Gasteiger partial charge is 0.486 e. The van der Waals surface area contributed by atoms with E-state index in [1.54, 1.807) is 30.0 Å². The van der Waals surface area contributed by atoms with Crippen molar-refractivity contribution in [3.8, 4) is 11.5 Å². The molecule has 3 unspecified atom stereocenters. The first-order valence-corrected chi connectivity index (χ1v) is 14.5. The average molecular weight is 558 g/mol. The molecule has 0 saturated carbocycles. The minimum atomic E-state index is -0.366. The number of rotatable bonds is 5. The van der Waals surface area contributed by atoms with Crippen LogP contribution in [0.2, 0.25) is 0 Å². The number of urea groups is 1. The minimum absolute atomic E-state index is 0.0725. The molecule has 9 heteroatoms. The summed E-state index contributed by atoms with van der Waals surface area (Å²) in [6, 6.07) is 20.7. The van der Waals surface area contributed by atoms with Gasteiger partial charge in [-0.1, -0.05) is 42.5 Å². The smallest absolute Gasteiger partial charge is 0.326 e. The lowest BCUT2D eigenvalue weighted by Gasteiger charge is -2.40. The highest BCUT2D eigenvalue weighted by molar-refractivity contribution is 8.00. The number of ether oxygens (including phenoxy) is 2. The number of fused-ring (bicyclic) bond motifs is 3. The number of carbonyl (C=O) groups excluding carboxylic acids is 2. The number of nitrogens with one attached hydrogen (secondary N) is 2. The van der Waals surface area contributed by atoms with Crippen molar-refractivity contribution in [2.24, 2.45) is 0 Å². The van der Waals surface area contributed by atoms with Gasteiger partial charge in [0.2, 0.25) is 5.91 Å². The third kappa shape index (κ3) is 5.51. The van der Waals surface area contributed by atoms with Gasteiger partial charge in [-0.05, 0) is 49.4 Å². The Balaban J connectivity index is 1.13.